The summed E-state index contributed by atoms with van der Waals surface area (Å²) in [7, 11) is 0. The van der Waals surface area contributed by atoms with Gasteiger partial charge in [-0.3, -0.25) is 9.78 Å². The largest absolute Gasteiger partial charge is 0.397 e. The molecule has 92 valence electrons. The van der Waals surface area contributed by atoms with E-state index in [9.17, 15) is 13.6 Å². The fraction of sp³-hybridized carbons (Fsp3) is 0.0769. The SMILES string of the molecule is Nc1ccc(C(=O)Cc2cc(F)cc(F)c2)nc1. The van der Waals surface area contributed by atoms with Crippen LogP contribution < -0.4 is 5.73 Å². The Hall–Kier alpha value is -2.30. The molecule has 0 aliphatic heterocycles. The van der Waals surface area contributed by atoms with E-state index in [-0.39, 0.29) is 23.5 Å². The lowest BCUT2D eigenvalue weighted by Gasteiger charge is -2.02. The molecule has 0 unspecified atom stereocenters. The first-order valence-electron chi connectivity index (χ1n) is 5.24. The summed E-state index contributed by atoms with van der Waals surface area (Å²) in [6.45, 7) is 0. The van der Waals surface area contributed by atoms with Crippen LogP contribution in [-0.2, 0) is 6.42 Å². The van der Waals surface area contributed by atoms with Crippen LogP contribution in [0.4, 0.5) is 14.5 Å². The molecule has 5 heteroatoms. The molecule has 0 aliphatic carbocycles. The van der Waals surface area contributed by atoms with E-state index in [1.807, 2.05) is 0 Å². The van der Waals surface area contributed by atoms with E-state index >= 15 is 0 Å². The van der Waals surface area contributed by atoms with Crippen molar-refractivity contribution in [1.29, 1.82) is 0 Å². The number of nitrogen functional groups attached to an aromatic ring is 1. The van der Waals surface area contributed by atoms with E-state index in [0.29, 0.717) is 5.69 Å². The van der Waals surface area contributed by atoms with Crippen LogP contribution in [0.2, 0.25) is 0 Å². The van der Waals surface area contributed by atoms with Gasteiger partial charge in [-0.1, -0.05) is 0 Å². The van der Waals surface area contributed by atoms with Crippen molar-refractivity contribution in [2.75, 3.05) is 5.73 Å². The van der Waals surface area contributed by atoms with Crippen LogP contribution in [0.15, 0.2) is 36.5 Å². The van der Waals surface area contributed by atoms with E-state index < -0.39 is 11.6 Å². The Morgan fingerprint density at radius 3 is 2.39 bits per heavy atom. The second-order valence-electron chi connectivity index (χ2n) is 3.85. The normalized spacial score (nSPS) is 10.3. The highest BCUT2D eigenvalue weighted by Gasteiger charge is 2.10. The van der Waals surface area contributed by atoms with Crippen LogP contribution in [0.25, 0.3) is 0 Å². The van der Waals surface area contributed by atoms with Gasteiger partial charge in [0.15, 0.2) is 5.78 Å². The second kappa shape index (κ2) is 4.91. The monoisotopic (exact) mass is 248 g/mol. The number of nitrogens with zero attached hydrogens (tertiary/aromatic N) is 1. The Morgan fingerprint density at radius 1 is 1.17 bits per heavy atom. The molecule has 1 heterocycles. The van der Waals surface area contributed by atoms with Gasteiger partial charge in [0.25, 0.3) is 0 Å². The molecule has 0 aliphatic rings. The predicted octanol–water partition coefficient (Wildman–Crippen LogP) is 2.37. The molecule has 0 radical (unpaired) electrons. The number of benzene rings is 1. The van der Waals surface area contributed by atoms with Crippen LogP contribution in [0, 0.1) is 11.6 Å². The zero-order chi connectivity index (χ0) is 13.1. The fourth-order valence-electron chi connectivity index (χ4n) is 1.56. The maximum Gasteiger partial charge on any atom is 0.185 e. The minimum atomic E-state index is -0.705. The molecule has 0 saturated carbocycles. The third-order valence-electron chi connectivity index (χ3n) is 2.36. The number of nitrogens with two attached hydrogens (primary N) is 1. The Balaban J connectivity index is 2.18. The Kier molecular flexibility index (Phi) is 3.32. The summed E-state index contributed by atoms with van der Waals surface area (Å²) in [6, 6.07) is 6.03. The van der Waals surface area contributed by atoms with E-state index in [2.05, 4.69) is 4.98 Å². The molecule has 0 amide bonds. The van der Waals surface area contributed by atoms with Crippen LogP contribution in [-0.4, -0.2) is 10.8 Å². The summed E-state index contributed by atoms with van der Waals surface area (Å²) >= 11 is 0. The number of carbonyl (C=O) groups is 1. The molecule has 0 saturated heterocycles. The van der Waals surface area contributed by atoms with E-state index in [4.69, 9.17) is 5.73 Å². The lowest BCUT2D eigenvalue weighted by molar-refractivity contribution is 0.0988. The number of Topliss-reactive ketones (excluding diaryl/α,β-unsaturated/α-hetero) is 1. The number of anilines is 1. The molecule has 1 aromatic heterocycles. The lowest BCUT2D eigenvalue weighted by Crippen LogP contribution is -2.06. The highest BCUT2D eigenvalue weighted by Crippen LogP contribution is 2.11. The minimum absolute atomic E-state index is 0.106. The quantitative estimate of drug-likeness (QED) is 0.848. The molecular weight excluding hydrogens is 238 g/mol. The lowest BCUT2D eigenvalue weighted by atomic mass is 10.1. The molecule has 2 rings (SSSR count). The van der Waals surface area contributed by atoms with Crippen molar-refractivity contribution in [2.45, 2.75) is 6.42 Å². The summed E-state index contributed by atoms with van der Waals surface area (Å²) in [4.78, 5) is 15.7. The zero-order valence-corrected chi connectivity index (χ0v) is 9.36. The first-order valence-corrected chi connectivity index (χ1v) is 5.24. The fourth-order valence-corrected chi connectivity index (χ4v) is 1.56. The number of hydrogen-bond acceptors (Lipinski definition) is 3. The second-order valence-corrected chi connectivity index (χ2v) is 3.85. The summed E-state index contributed by atoms with van der Waals surface area (Å²) in [5.74, 6) is -1.73. The van der Waals surface area contributed by atoms with Crippen LogP contribution in [0.1, 0.15) is 16.1 Å². The summed E-state index contributed by atoms with van der Waals surface area (Å²) in [5.41, 5.74) is 6.38. The van der Waals surface area contributed by atoms with Crippen LogP contribution >= 0.6 is 0 Å². The van der Waals surface area contributed by atoms with Gasteiger partial charge < -0.3 is 5.73 Å². The first kappa shape index (κ1) is 12.2. The number of pyridine rings is 1. The van der Waals surface area contributed by atoms with E-state index in [1.165, 1.54) is 12.3 Å². The standard InChI is InChI=1S/C13H10F2N2O/c14-9-3-8(4-10(15)6-9)5-13(18)12-2-1-11(16)7-17-12/h1-4,6-7H,5,16H2. The topological polar surface area (TPSA) is 56.0 Å². The number of ketones is 1. The molecule has 3 nitrogen and oxygen atoms in total. The molecule has 1 aromatic carbocycles. The summed E-state index contributed by atoms with van der Waals surface area (Å²) in [5, 5.41) is 0. The number of halogens is 2. The maximum absolute atomic E-state index is 13.0. The van der Waals surface area contributed by atoms with Crippen LogP contribution in [0.3, 0.4) is 0 Å². The van der Waals surface area contributed by atoms with Crippen molar-refractivity contribution in [3.63, 3.8) is 0 Å². The van der Waals surface area contributed by atoms with Crippen molar-refractivity contribution in [1.82, 2.24) is 4.98 Å². The molecule has 0 atom stereocenters. The number of hydrogen-bond donors (Lipinski definition) is 1. The van der Waals surface area contributed by atoms with Gasteiger partial charge in [0.2, 0.25) is 0 Å². The first-order chi connectivity index (χ1) is 8.54. The van der Waals surface area contributed by atoms with Gasteiger partial charge in [-0.2, -0.15) is 0 Å². The zero-order valence-electron chi connectivity index (χ0n) is 9.36. The number of carbonyl (C=O) groups excluding carboxylic acids is 1. The molecular formula is C13H10F2N2O. The van der Waals surface area contributed by atoms with Gasteiger partial charge in [0, 0.05) is 12.5 Å². The van der Waals surface area contributed by atoms with Crippen molar-refractivity contribution in [3.8, 4) is 0 Å². The average molecular weight is 248 g/mol. The van der Waals surface area contributed by atoms with Crippen molar-refractivity contribution >= 4 is 11.5 Å². The molecule has 18 heavy (non-hydrogen) atoms. The third kappa shape index (κ3) is 2.88. The average Bonchev–Trinajstić information content (AvgIpc) is 2.28. The molecule has 0 bridgehead atoms. The van der Waals surface area contributed by atoms with Crippen molar-refractivity contribution < 1.29 is 13.6 Å². The number of aromatic nitrogens is 1. The molecule has 0 fully saturated rings. The van der Waals surface area contributed by atoms with Crippen molar-refractivity contribution in [2.24, 2.45) is 0 Å². The Bertz CT molecular complexity index is 562. The predicted molar refractivity (Wildman–Crippen MR) is 63.0 cm³/mol. The maximum atomic E-state index is 13.0. The Labute approximate surface area is 102 Å². The van der Waals surface area contributed by atoms with E-state index in [0.717, 1.165) is 18.2 Å². The minimum Gasteiger partial charge on any atom is -0.397 e. The van der Waals surface area contributed by atoms with E-state index in [1.54, 1.807) is 6.07 Å². The molecule has 2 N–H and O–H groups in total. The van der Waals surface area contributed by atoms with Gasteiger partial charge in [0.05, 0.1) is 11.9 Å². The highest BCUT2D eigenvalue weighted by molar-refractivity contribution is 5.95. The summed E-state index contributed by atoms with van der Waals surface area (Å²) in [6.07, 6.45) is 1.25. The van der Waals surface area contributed by atoms with Gasteiger partial charge in [-0.15, -0.1) is 0 Å². The third-order valence-corrected chi connectivity index (χ3v) is 2.36. The Morgan fingerprint density at radius 2 is 1.83 bits per heavy atom. The van der Waals surface area contributed by atoms with Gasteiger partial charge in [-0.25, -0.2) is 8.78 Å². The number of rotatable bonds is 3. The summed E-state index contributed by atoms with van der Waals surface area (Å²) < 4.78 is 25.9. The molecule has 2 aromatic rings. The highest BCUT2D eigenvalue weighted by atomic mass is 19.1. The molecule has 0 spiro atoms. The smallest absolute Gasteiger partial charge is 0.185 e. The van der Waals surface area contributed by atoms with Crippen LogP contribution in [0.5, 0.6) is 0 Å². The van der Waals surface area contributed by atoms with Gasteiger partial charge >= 0.3 is 0 Å². The van der Waals surface area contributed by atoms with Gasteiger partial charge in [-0.05, 0) is 29.8 Å². The van der Waals surface area contributed by atoms with Gasteiger partial charge in [0.1, 0.15) is 17.3 Å². The van der Waals surface area contributed by atoms with Crippen molar-refractivity contribution in [3.05, 3.63) is 59.4 Å².